The Kier molecular flexibility index (Phi) is 6.95. The lowest BCUT2D eigenvalue weighted by atomic mass is 10.2. The number of para-hydroxylation sites is 2. The highest BCUT2D eigenvalue weighted by Gasteiger charge is 2.16. The molecule has 3 amide bonds. The number of amides is 3. The first-order valence-corrected chi connectivity index (χ1v) is 8.26. The molecule has 0 aliphatic heterocycles. The summed E-state index contributed by atoms with van der Waals surface area (Å²) >= 11 is 0. The first kappa shape index (κ1) is 18.4. The Balaban J connectivity index is 2.05. The van der Waals surface area contributed by atoms with Crippen LogP contribution in [0.3, 0.4) is 0 Å². The normalized spacial score (nSPS) is 10.2. The Labute approximate surface area is 146 Å². The fourth-order valence-corrected chi connectivity index (χ4v) is 2.29. The number of benzene rings is 2. The van der Waals surface area contributed by atoms with Gasteiger partial charge >= 0.3 is 6.03 Å². The molecule has 0 saturated carbocycles. The molecule has 132 valence electrons. The number of rotatable bonds is 7. The van der Waals surface area contributed by atoms with Crippen molar-refractivity contribution >= 4 is 23.3 Å². The summed E-state index contributed by atoms with van der Waals surface area (Å²) in [4.78, 5) is 25.4. The van der Waals surface area contributed by atoms with E-state index >= 15 is 0 Å². The van der Waals surface area contributed by atoms with Crippen molar-refractivity contribution in [1.29, 1.82) is 0 Å². The Bertz CT molecular complexity index is 707. The third-order valence-corrected chi connectivity index (χ3v) is 3.63. The molecule has 0 atom stereocenters. The van der Waals surface area contributed by atoms with E-state index in [9.17, 15) is 14.0 Å². The van der Waals surface area contributed by atoms with Gasteiger partial charge in [-0.2, -0.15) is 0 Å². The fourth-order valence-electron chi connectivity index (χ4n) is 2.29. The highest BCUT2D eigenvalue weighted by molar-refractivity contribution is 6.01. The monoisotopic (exact) mass is 343 g/mol. The maximum Gasteiger partial charge on any atom is 0.326 e. The maximum atomic E-state index is 13.8. The molecule has 2 rings (SSSR count). The van der Waals surface area contributed by atoms with Gasteiger partial charge in [0, 0.05) is 25.2 Å². The summed E-state index contributed by atoms with van der Waals surface area (Å²) in [5.74, 6) is -0.513. The molecule has 0 spiro atoms. The molecule has 5 nitrogen and oxygen atoms in total. The van der Waals surface area contributed by atoms with E-state index < -0.39 is 11.8 Å². The largest absolute Gasteiger partial charge is 0.356 e. The van der Waals surface area contributed by atoms with Crippen LogP contribution >= 0.6 is 0 Å². The molecule has 0 aromatic heterocycles. The molecule has 2 N–H and O–H groups in total. The lowest BCUT2D eigenvalue weighted by Crippen LogP contribution is -2.37. The van der Waals surface area contributed by atoms with Gasteiger partial charge in [-0.1, -0.05) is 37.3 Å². The second-order valence-corrected chi connectivity index (χ2v) is 5.45. The SMILES string of the molecule is CCC(=O)NCCCN(C(=O)Nc1ccccc1F)c1ccccc1. The summed E-state index contributed by atoms with van der Waals surface area (Å²) < 4.78 is 13.8. The molecule has 0 aliphatic carbocycles. The Morgan fingerprint density at radius 2 is 1.72 bits per heavy atom. The molecule has 25 heavy (non-hydrogen) atoms. The van der Waals surface area contributed by atoms with Gasteiger partial charge < -0.3 is 10.6 Å². The minimum Gasteiger partial charge on any atom is -0.356 e. The first-order chi connectivity index (χ1) is 12.1. The molecule has 0 unspecified atom stereocenters. The molecule has 2 aromatic rings. The van der Waals surface area contributed by atoms with Crippen molar-refractivity contribution in [3.8, 4) is 0 Å². The number of hydrogen-bond acceptors (Lipinski definition) is 2. The zero-order valence-electron chi connectivity index (χ0n) is 14.2. The van der Waals surface area contributed by atoms with Crippen LogP contribution in [-0.2, 0) is 4.79 Å². The maximum absolute atomic E-state index is 13.8. The van der Waals surface area contributed by atoms with Crippen molar-refractivity contribution < 1.29 is 14.0 Å². The van der Waals surface area contributed by atoms with Crippen molar-refractivity contribution in [2.75, 3.05) is 23.3 Å². The third kappa shape index (κ3) is 5.60. The van der Waals surface area contributed by atoms with Crippen molar-refractivity contribution in [1.82, 2.24) is 5.32 Å². The highest BCUT2D eigenvalue weighted by atomic mass is 19.1. The molecule has 0 heterocycles. The van der Waals surface area contributed by atoms with E-state index in [-0.39, 0.29) is 11.6 Å². The highest BCUT2D eigenvalue weighted by Crippen LogP contribution is 2.18. The van der Waals surface area contributed by atoms with Gasteiger partial charge in [-0.25, -0.2) is 9.18 Å². The van der Waals surface area contributed by atoms with Gasteiger partial charge in [0.2, 0.25) is 5.91 Å². The van der Waals surface area contributed by atoms with E-state index in [0.717, 1.165) is 0 Å². The molecule has 2 aromatic carbocycles. The summed E-state index contributed by atoms with van der Waals surface area (Å²) in [6, 6.07) is 14.8. The topological polar surface area (TPSA) is 61.4 Å². The van der Waals surface area contributed by atoms with E-state index in [2.05, 4.69) is 10.6 Å². The Morgan fingerprint density at radius 1 is 1.04 bits per heavy atom. The van der Waals surface area contributed by atoms with Crippen LogP contribution in [0.25, 0.3) is 0 Å². The van der Waals surface area contributed by atoms with Crippen LogP contribution in [-0.4, -0.2) is 25.0 Å². The molecule has 0 aliphatic rings. The fraction of sp³-hybridized carbons (Fsp3) is 0.263. The van der Waals surface area contributed by atoms with Gasteiger partial charge in [0.1, 0.15) is 5.82 Å². The van der Waals surface area contributed by atoms with Crippen LogP contribution in [0.2, 0.25) is 0 Å². The van der Waals surface area contributed by atoms with Gasteiger partial charge in [-0.3, -0.25) is 9.69 Å². The molecule has 0 fully saturated rings. The number of carbonyl (C=O) groups is 2. The number of hydrogen-bond donors (Lipinski definition) is 2. The Hall–Kier alpha value is -2.89. The summed E-state index contributed by atoms with van der Waals surface area (Å²) in [6.45, 7) is 2.66. The molecule has 0 saturated heterocycles. The van der Waals surface area contributed by atoms with Crippen molar-refractivity contribution in [3.63, 3.8) is 0 Å². The summed E-state index contributed by atoms with van der Waals surface area (Å²) in [7, 11) is 0. The van der Waals surface area contributed by atoms with Crippen LogP contribution in [0.4, 0.5) is 20.6 Å². The van der Waals surface area contributed by atoms with Crippen LogP contribution in [0.1, 0.15) is 19.8 Å². The Morgan fingerprint density at radius 3 is 2.40 bits per heavy atom. The number of nitrogens with zero attached hydrogens (tertiary/aromatic N) is 1. The lowest BCUT2D eigenvalue weighted by Gasteiger charge is -2.23. The second-order valence-electron chi connectivity index (χ2n) is 5.45. The van der Waals surface area contributed by atoms with E-state index in [4.69, 9.17) is 0 Å². The van der Waals surface area contributed by atoms with Gasteiger partial charge in [0.05, 0.1) is 5.69 Å². The minimum absolute atomic E-state index is 0.0259. The molecular formula is C19H22FN3O2. The third-order valence-electron chi connectivity index (χ3n) is 3.63. The summed E-state index contributed by atoms with van der Waals surface area (Å²) in [5.41, 5.74) is 0.839. The van der Waals surface area contributed by atoms with E-state index in [1.807, 2.05) is 30.3 Å². The number of halogens is 1. The van der Waals surface area contributed by atoms with Gasteiger partial charge in [-0.15, -0.1) is 0 Å². The van der Waals surface area contributed by atoms with Crippen molar-refractivity contribution in [3.05, 3.63) is 60.4 Å². The number of nitrogens with one attached hydrogen (secondary N) is 2. The van der Waals surface area contributed by atoms with Gasteiger partial charge in [-0.05, 0) is 30.7 Å². The predicted octanol–water partition coefficient (Wildman–Crippen LogP) is 3.78. The van der Waals surface area contributed by atoms with Crippen LogP contribution in [0.5, 0.6) is 0 Å². The number of urea groups is 1. The van der Waals surface area contributed by atoms with Crippen LogP contribution < -0.4 is 15.5 Å². The number of anilines is 2. The molecule has 0 bridgehead atoms. The van der Waals surface area contributed by atoms with E-state index in [0.29, 0.717) is 31.6 Å². The lowest BCUT2D eigenvalue weighted by molar-refractivity contribution is -0.120. The minimum atomic E-state index is -0.487. The van der Waals surface area contributed by atoms with E-state index in [1.54, 1.807) is 19.1 Å². The molecule has 6 heteroatoms. The van der Waals surface area contributed by atoms with Gasteiger partial charge in [0.25, 0.3) is 0 Å². The average Bonchev–Trinajstić information content (AvgIpc) is 2.64. The average molecular weight is 343 g/mol. The zero-order valence-corrected chi connectivity index (χ0v) is 14.2. The standard InChI is InChI=1S/C19H22FN3O2/c1-2-18(24)21-13-8-14-23(15-9-4-3-5-10-15)19(25)22-17-12-7-6-11-16(17)20/h3-7,9-12H,2,8,13-14H2,1H3,(H,21,24)(H,22,25). The quantitative estimate of drug-likeness (QED) is 0.752. The molecule has 0 radical (unpaired) electrons. The van der Waals surface area contributed by atoms with Crippen molar-refractivity contribution in [2.45, 2.75) is 19.8 Å². The zero-order chi connectivity index (χ0) is 18.1. The first-order valence-electron chi connectivity index (χ1n) is 8.26. The van der Waals surface area contributed by atoms with E-state index in [1.165, 1.54) is 17.0 Å². The summed E-state index contributed by atoms with van der Waals surface area (Å²) in [5, 5.41) is 5.37. The van der Waals surface area contributed by atoms with Gasteiger partial charge in [0.15, 0.2) is 0 Å². The predicted molar refractivity (Wildman–Crippen MR) is 97.1 cm³/mol. The smallest absolute Gasteiger partial charge is 0.326 e. The second kappa shape index (κ2) is 9.42. The van der Waals surface area contributed by atoms with Crippen molar-refractivity contribution in [2.24, 2.45) is 0 Å². The summed E-state index contributed by atoms with van der Waals surface area (Å²) in [6.07, 6.45) is 1.02. The van der Waals surface area contributed by atoms with Crippen LogP contribution in [0, 0.1) is 5.82 Å². The molecular weight excluding hydrogens is 321 g/mol. The van der Waals surface area contributed by atoms with Crippen LogP contribution in [0.15, 0.2) is 54.6 Å². The number of carbonyl (C=O) groups excluding carboxylic acids is 2.